The summed E-state index contributed by atoms with van der Waals surface area (Å²) in [4.78, 5) is 34.2. The van der Waals surface area contributed by atoms with Gasteiger partial charge in [0.15, 0.2) is 0 Å². The van der Waals surface area contributed by atoms with E-state index in [9.17, 15) is 14.4 Å². The third-order valence-electron chi connectivity index (χ3n) is 3.43. The van der Waals surface area contributed by atoms with Crippen molar-refractivity contribution in [2.45, 2.75) is 38.6 Å². The fraction of sp³-hybridized carbons (Fsp3) is 0.571. The zero-order chi connectivity index (χ0) is 15.9. The molecule has 2 rings (SSSR count). The molecule has 0 radical (unpaired) electrons. The number of nitrogens with one attached hydrogen (secondary N) is 3. The van der Waals surface area contributed by atoms with Crippen molar-refractivity contribution < 1.29 is 14.3 Å². The zero-order valence-electron chi connectivity index (χ0n) is 12.5. The number of ether oxygens (including phenoxy) is 1. The van der Waals surface area contributed by atoms with E-state index in [-0.39, 0.29) is 36.6 Å². The molecule has 1 heterocycles. The van der Waals surface area contributed by atoms with Gasteiger partial charge in [-0.1, -0.05) is 0 Å². The summed E-state index contributed by atoms with van der Waals surface area (Å²) in [6.45, 7) is 2.30. The number of carbonyl (C=O) groups excluding carboxylic acids is 2. The van der Waals surface area contributed by atoms with Crippen molar-refractivity contribution in [3.05, 3.63) is 27.7 Å². The molecule has 1 aromatic rings. The summed E-state index contributed by atoms with van der Waals surface area (Å²) in [7, 11) is 0. The number of aromatic nitrogens is 2. The van der Waals surface area contributed by atoms with Crippen LogP contribution in [0.1, 0.15) is 31.0 Å². The first kappa shape index (κ1) is 16.0. The van der Waals surface area contributed by atoms with Gasteiger partial charge in [0.05, 0.1) is 18.7 Å². The molecule has 0 aliphatic heterocycles. The van der Waals surface area contributed by atoms with Crippen molar-refractivity contribution in [1.82, 2.24) is 20.8 Å². The summed E-state index contributed by atoms with van der Waals surface area (Å²) < 4.78 is 4.77. The molecule has 0 aromatic carbocycles. The molecule has 1 aliphatic rings. The van der Waals surface area contributed by atoms with Gasteiger partial charge in [-0.15, -0.1) is 0 Å². The van der Waals surface area contributed by atoms with E-state index < -0.39 is 0 Å². The van der Waals surface area contributed by atoms with E-state index in [4.69, 9.17) is 4.74 Å². The van der Waals surface area contributed by atoms with Crippen LogP contribution in [0.2, 0.25) is 0 Å². The third kappa shape index (κ3) is 4.57. The predicted octanol–water partition coefficient (Wildman–Crippen LogP) is -0.120. The van der Waals surface area contributed by atoms with E-state index >= 15 is 0 Å². The molecule has 8 nitrogen and oxygen atoms in total. The molecule has 0 fully saturated rings. The number of nitrogens with zero attached hydrogens (tertiary/aromatic N) is 1. The number of hydrogen-bond donors (Lipinski definition) is 3. The second-order valence-electron chi connectivity index (χ2n) is 5.10. The second kappa shape index (κ2) is 7.58. The Labute approximate surface area is 127 Å². The summed E-state index contributed by atoms with van der Waals surface area (Å²) in [6.07, 6.45) is 2.20. The Morgan fingerprint density at radius 2 is 2.32 bits per heavy atom. The number of amides is 2. The summed E-state index contributed by atoms with van der Waals surface area (Å²) >= 11 is 0. The van der Waals surface area contributed by atoms with Crippen LogP contribution in [0.15, 0.2) is 10.9 Å². The van der Waals surface area contributed by atoms with Crippen LogP contribution in [-0.4, -0.2) is 41.4 Å². The molecular formula is C14H20N4O4. The van der Waals surface area contributed by atoms with Gasteiger partial charge in [0.1, 0.15) is 0 Å². The van der Waals surface area contributed by atoms with Crippen LogP contribution in [0.25, 0.3) is 0 Å². The van der Waals surface area contributed by atoms with E-state index in [1.165, 1.54) is 6.07 Å². The average Bonchev–Trinajstić information content (AvgIpc) is 2.47. The van der Waals surface area contributed by atoms with Crippen LogP contribution in [0.3, 0.4) is 0 Å². The van der Waals surface area contributed by atoms with Gasteiger partial charge in [-0.25, -0.2) is 9.89 Å². The van der Waals surface area contributed by atoms with Crippen molar-refractivity contribution in [2.24, 2.45) is 0 Å². The Morgan fingerprint density at radius 3 is 3.09 bits per heavy atom. The summed E-state index contributed by atoms with van der Waals surface area (Å²) in [5.41, 5.74) is 1.51. The Kier molecular flexibility index (Phi) is 5.51. The lowest BCUT2D eigenvalue weighted by atomic mass is 9.92. The molecule has 120 valence electrons. The van der Waals surface area contributed by atoms with Crippen molar-refractivity contribution in [1.29, 1.82) is 0 Å². The number of aromatic amines is 1. The van der Waals surface area contributed by atoms with Crippen molar-refractivity contribution in [3.63, 3.8) is 0 Å². The summed E-state index contributed by atoms with van der Waals surface area (Å²) in [5, 5.41) is 11.9. The number of fused-ring (bicyclic) bond motifs is 1. The molecule has 22 heavy (non-hydrogen) atoms. The van der Waals surface area contributed by atoms with Gasteiger partial charge in [0.25, 0.3) is 5.56 Å². The van der Waals surface area contributed by atoms with Crippen LogP contribution < -0.4 is 16.2 Å². The minimum Gasteiger partial charge on any atom is -0.466 e. The van der Waals surface area contributed by atoms with Crippen molar-refractivity contribution >= 4 is 12.0 Å². The molecule has 1 unspecified atom stereocenters. The van der Waals surface area contributed by atoms with Crippen LogP contribution >= 0.6 is 0 Å². The van der Waals surface area contributed by atoms with E-state index in [1.54, 1.807) is 6.92 Å². The number of aryl methyl sites for hydroxylation is 1. The van der Waals surface area contributed by atoms with Gasteiger partial charge in [-0.3, -0.25) is 9.59 Å². The van der Waals surface area contributed by atoms with Crippen molar-refractivity contribution in [3.8, 4) is 0 Å². The summed E-state index contributed by atoms with van der Waals surface area (Å²) in [6, 6.07) is 1.16. The molecule has 8 heteroatoms. The third-order valence-corrected chi connectivity index (χ3v) is 3.43. The van der Waals surface area contributed by atoms with Gasteiger partial charge >= 0.3 is 12.0 Å². The molecule has 1 atom stereocenters. The number of rotatable bonds is 5. The topological polar surface area (TPSA) is 113 Å². The smallest absolute Gasteiger partial charge is 0.315 e. The van der Waals surface area contributed by atoms with Crippen molar-refractivity contribution in [2.75, 3.05) is 13.2 Å². The number of esters is 1. The minimum atomic E-state index is -0.334. The normalized spacial score (nSPS) is 16.5. The Morgan fingerprint density at radius 1 is 1.50 bits per heavy atom. The fourth-order valence-corrected chi connectivity index (χ4v) is 2.41. The quantitative estimate of drug-likeness (QED) is 0.656. The van der Waals surface area contributed by atoms with Gasteiger partial charge in [0.2, 0.25) is 0 Å². The summed E-state index contributed by atoms with van der Waals surface area (Å²) in [5.74, 6) is -0.334. The first-order valence-corrected chi connectivity index (χ1v) is 7.36. The standard InChI is InChI=1S/C14H20N4O4/c1-2-22-13(20)5-6-15-14(21)16-10-3-4-11-9(7-10)8-12(19)18-17-11/h8,10H,2-7H2,1H3,(H,18,19)(H2,15,16,21). The van der Waals surface area contributed by atoms with E-state index in [1.807, 2.05) is 0 Å². The average molecular weight is 308 g/mol. The SMILES string of the molecule is CCOC(=O)CCNC(=O)NC1CCc2n[nH]c(=O)cc2C1. The number of urea groups is 1. The fourth-order valence-electron chi connectivity index (χ4n) is 2.41. The lowest BCUT2D eigenvalue weighted by molar-refractivity contribution is -0.142. The molecule has 2 amide bonds. The highest BCUT2D eigenvalue weighted by Crippen LogP contribution is 2.17. The van der Waals surface area contributed by atoms with Crippen LogP contribution in [0.4, 0.5) is 4.79 Å². The molecule has 3 N–H and O–H groups in total. The first-order chi connectivity index (χ1) is 10.6. The molecule has 0 saturated heterocycles. The highest BCUT2D eigenvalue weighted by atomic mass is 16.5. The zero-order valence-corrected chi connectivity index (χ0v) is 12.5. The Hall–Kier alpha value is -2.38. The van der Waals surface area contributed by atoms with E-state index in [0.717, 1.165) is 17.7 Å². The van der Waals surface area contributed by atoms with Crippen LogP contribution in [0, 0.1) is 0 Å². The number of H-pyrrole nitrogens is 1. The maximum absolute atomic E-state index is 11.8. The maximum atomic E-state index is 11.8. The maximum Gasteiger partial charge on any atom is 0.315 e. The molecule has 0 spiro atoms. The highest BCUT2D eigenvalue weighted by Gasteiger charge is 2.21. The van der Waals surface area contributed by atoms with Gasteiger partial charge in [-0.05, 0) is 31.7 Å². The molecule has 0 saturated carbocycles. The number of hydrogen-bond acceptors (Lipinski definition) is 5. The lowest BCUT2D eigenvalue weighted by Gasteiger charge is -2.24. The molecular weight excluding hydrogens is 288 g/mol. The second-order valence-corrected chi connectivity index (χ2v) is 5.10. The highest BCUT2D eigenvalue weighted by molar-refractivity contribution is 5.75. The molecule has 1 aromatic heterocycles. The lowest BCUT2D eigenvalue weighted by Crippen LogP contribution is -2.45. The van der Waals surface area contributed by atoms with Crippen LogP contribution in [-0.2, 0) is 22.4 Å². The predicted molar refractivity (Wildman–Crippen MR) is 78.5 cm³/mol. The monoisotopic (exact) mass is 308 g/mol. The Bertz CT molecular complexity index is 599. The van der Waals surface area contributed by atoms with E-state index in [0.29, 0.717) is 19.4 Å². The molecule has 0 bridgehead atoms. The minimum absolute atomic E-state index is 0.0429. The number of carbonyl (C=O) groups is 2. The van der Waals surface area contributed by atoms with E-state index in [2.05, 4.69) is 20.8 Å². The van der Waals surface area contributed by atoms with Gasteiger partial charge in [-0.2, -0.15) is 5.10 Å². The van der Waals surface area contributed by atoms with Crippen LogP contribution in [0.5, 0.6) is 0 Å². The Balaban J connectivity index is 1.76. The van der Waals surface area contributed by atoms with Gasteiger partial charge < -0.3 is 15.4 Å². The molecule has 1 aliphatic carbocycles. The first-order valence-electron chi connectivity index (χ1n) is 7.36. The van der Waals surface area contributed by atoms with Gasteiger partial charge in [0, 0.05) is 18.7 Å². The largest absolute Gasteiger partial charge is 0.466 e.